The Morgan fingerprint density at radius 3 is 2.90 bits per heavy atom. The van der Waals surface area contributed by atoms with E-state index >= 15 is 0 Å². The zero-order valence-corrected chi connectivity index (χ0v) is 12.8. The van der Waals surface area contributed by atoms with Crippen LogP contribution >= 0.6 is 11.8 Å². The fraction of sp³-hybridized carbons (Fsp3) is 0.333. The van der Waals surface area contributed by atoms with Gasteiger partial charge in [0.25, 0.3) is 0 Å². The Hall–Kier alpha value is -1.95. The molecular formula is C15H17NO4S. The SMILES string of the molecule is CCOc1ccccc1-c1nc(CSCC(=O)O)c(C)o1. The van der Waals surface area contributed by atoms with Gasteiger partial charge >= 0.3 is 5.97 Å². The highest BCUT2D eigenvalue weighted by Crippen LogP contribution is 2.31. The van der Waals surface area contributed by atoms with Gasteiger partial charge in [-0.1, -0.05) is 12.1 Å². The van der Waals surface area contributed by atoms with Crippen molar-refractivity contribution in [3.05, 3.63) is 35.7 Å². The summed E-state index contributed by atoms with van der Waals surface area (Å²) in [6.07, 6.45) is 0. The highest BCUT2D eigenvalue weighted by Gasteiger charge is 2.15. The van der Waals surface area contributed by atoms with E-state index in [9.17, 15) is 4.79 Å². The summed E-state index contributed by atoms with van der Waals surface area (Å²) >= 11 is 1.30. The first-order valence-electron chi connectivity index (χ1n) is 6.59. The van der Waals surface area contributed by atoms with Crippen LogP contribution in [0, 0.1) is 6.92 Å². The van der Waals surface area contributed by atoms with Crippen molar-refractivity contribution >= 4 is 17.7 Å². The van der Waals surface area contributed by atoms with Gasteiger partial charge in [-0.3, -0.25) is 4.79 Å². The van der Waals surface area contributed by atoms with Gasteiger partial charge in [-0.05, 0) is 26.0 Å². The monoisotopic (exact) mass is 307 g/mol. The van der Waals surface area contributed by atoms with Gasteiger partial charge in [0.1, 0.15) is 11.5 Å². The summed E-state index contributed by atoms with van der Waals surface area (Å²) in [5.74, 6) is 1.67. The van der Waals surface area contributed by atoms with Crippen molar-refractivity contribution in [2.24, 2.45) is 0 Å². The van der Waals surface area contributed by atoms with Gasteiger partial charge in [0, 0.05) is 5.75 Å². The molecule has 0 spiro atoms. The van der Waals surface area contributed by atoms with E-state index in [0.29, 0.717) is 24.0 Å². The van der Waals surface area contributed by atoms with Crippen LogP contribution < -0.4 is 4.74 Å². The van der Waals surface area contributed by atoms with Gasteiger partial charge in [0.15, 0.2) is 0 Å². The summed E-state index contributed by atoms with van der Waals surface area (Å²) in [7, 11) is 0. The van der Waals surface area contributed by atoms with Crippen LogP contribution in [0.4, 0.5) is 0 Å². The lowest BCUT2D eigenvalue weighted by molar-refractivity contribution is -0.133. The number of carboxylic acid groups (broad SMARTS) is 1. The minimum atomic E-state index is -0.830. The first-order valence-corrected chi connectivity index (χ1v) is 7.75. The molecule has 0 atom stereocenters. The maximum absolute atomic E-state index is 10.5. The van der Waals surface area contributed by atoms with Gasteiger partial charge < -0.3 is 14.3 Å². The summed E-state index contributed by atoms with van der Waals surface area (Å²) in [5.41, 5.74) is 1.57. The molecule has 0 aliphatic carbocycles. The summed E-state index contributed by atoms with van der Waals surface area (Å²) in [6, 6.07) is 7.56. The maximum atomic E-state index is 10.5. The zero-order chi connectivity index (χ0) is 15.2. The summed E-state index contributed by atoms with van der Waals surface area (Å²) in [6.45, 7) is 4.32. The summed E-state index contributed by atoms with van der Waals surface area (Å²) < 4.78 is 11.3. The smallest absolute Gasteiger partial charge is 0.313 e. The molecule has 5 nitrogen and oxygen atoms in total. The van der Waals surface area contributed by atoms with E-state index in [1.54, 1.807) is 0 Å². The Balaban J connectivity index is 2.20. The Kier molecular flexibility index (Phi) is 5.27. The fourth-order valence-corrected chi connectivity index (χ4v) is 2.57. The van der Waals surface area contributed by atoms with Gasteiger partial charge in [-0.15, -0.1) is 11.8 Å². The van der Waals surface area contributed by atoms with Crippen molar-refractivity contribution in [1.82, 2.24) is 4.98 Å². The normalized spacial score (nSPS) is 10.6. The average Bonchev–Trinajstić information content (AvgIpc) is 2.81. The molecule has 112 valence electrons. The van der Waals surface area contributed by atoms with Crippen molar-refractivity contribution in [1.29, 1.82) is 0 Å². The average molecular weight is 307 g/mol. The minimum absolute atomic E-state index is 0.0527. The number of rotatable bonds is 7. The van der Waals surface area contributed by atoms with Crippen molar-refractivity contribution in [2.45, 2.75) is 19.6 Å². The molecule has 0 aliphatic rings. The first-order chi connectivity index (χ1) is 10.1. The highest BCUT2D eigenvalue weighted by molar-refractivity contribution is 7.99. The number of hydrogen-bond acceptors (Lipinski definition) is 5. The number of thioether (sulfide) groups is 1. The molecule has 1 heterocycles. The molecule has 0 aliphatic heterocycles. The number of oxazole rings is 1. The molecule has 21 heavy (non-hydrogen) atoms. The van der Waals surface area contributed by atoms with Crippen LogP contribution in [0.5, 0.6) is 5.75 Å². The molecule has 0 amide bonds. The molecule has 2 rings (SSSR count). The topological polar surface area (TPSA) is 72.6 Å². The second kappa shape index (κ2) is 7.17. The number of aromatic nitrogens is 1. The van der Waals surface area contributed by atoms with E-state index in [-0.39, 0.29) is 5.75 Å². The molecule has 0 unspecified atom stereocenters. The molecule has 1 N–H and O–H groups in total. The van der Waals surface area contributed by atoms with Crippen LogP contribution in [0.2, 0.25) is 0 Å². The lowest BCUT2D eigenvalue weighted by Crippen LogP contribution is -1.98. The standard InChI is InChI=1S/C15H17NO4S/c1-3-19-13-7-5-4-6-11(13)15-16-12(10(2)20-15)8-21-9-14(17)18/h4-7H,3,8-9H2,1-2H3,(H,17,18). The number of carboxylic acids is 1. The van der Waals surface area contributed by atoms with Gasteiger partial charge in [-0.25, -0.2) is 4.98 Å². The van der Waals surface area contributed by atoms with E-state index in [0.717, 1.165) is 17.0 Å². The predicted octanol–water partition coefficient (Wildman–Crippen LogP) is 3.37. The van der Waals surface area contributed by atoms with E-state index in [4.69, 9.17) is 14.3 Å². The van der Waals surface area contributed by atoms with Crippen LogP contribution in [-0.2, 0) is 10.5 Å². The van der Waals surface area contributed by atoms with Crippen LogP contribution in [0.3, 0.4) is 0 Å². The van der Waals surface area contributed by atoms with Crippen molar-refractivity contribution < 1.29 is 19.1 Å². The number of hydrogen-bond donors (Lipinski definition) is 1. The third kappa shape index (κ3) is 4.01. The van der Waals surface area contributed by atoms with E-state index in [1.807, 2.05) is 38.1 Å². The molecule has 0 saturated carbocycles. The molecule has 0 radical (unpaired) electrons. The Morgan fingerprint density at radius 1 is 1.43 bits per heavy atom. The molecule has 1 aromatic carbocycles. The minimum Gasteiger partial charge on any atom is -0.493 e. The van der Waals surface area contributed by atoms with E-state index < -0.39 is 5.97 Å². The summed E-state index contributed by atoms with van der Waals surface area (Å²) in [4.78, 5) is 15.0. The third-order valence-corrected chi connectivity index (χ3v) is 3.70. The van der Waals surface area contributed by atoms with Crippen LogP contribution in [0.15, 0.2) is 28.7 Å². The number of ether oxygens (including phenoxy) is 1. The number of nitrogens with zero attached hydrogens (tertiary/aromatic N) is 1. The largest absolute Gasteiger partial charge is 0.493 e. The van der Waals surface area contributed by atoms with Crippen LogP contribution in [0.25, 0.3) is 11.5 Å². The number of benzene rings is 1. The predicted molar refractivity (Wildman–Crippen MR) is 81.6 cm³/mol. The Morgan fingerprint density at radius 2 is 2.19 bits per heavy atom. The maximum Gasteiger partial charge on any atom is 0.313 e. The lowest BCUT2D eigenvalue weighted by atomic mass is 10.2. The number of para-hydroxylation sites is 1. The molecule has 2 aromatic rings. The van der Waals surface area contributed by atoms with E-state index in [1.165, 1.54) is 11.8 Å². The summed E-state index contributed by atoms with van der Waals surface area (Å²) in [5, 5.41) is 8.66. The molecule has 6 heteroatoms. The lowest BCUT2D eigenvalue weighted by Gasteiger charge is -2.06. The molecule has 0 fully saturated rings. The molecule has 0 bridgehead atoms. The second-order valence-corrected chi connectivity index (χ2v) is 5.32. The first kappa shape index (κ1) is 15.4. The van der Waals surface area contributed by atoms with Gasteiger partial charge in [0.2, 0.25) is 5.89 Å². The van der Waals surface area contributed by atoms with Crippen LogP contribution in [-0.4, -0.2) is 28.4 Å². The zero-order valence-electron chi connectivity index (χ0n) is 12.0. The number of carbonyl (C=O) groups is 1. The van der Waals surface area contributed by atoms with Gasteiger partial charge in [0.05, 0.1) is 23.6 Å². The quantitative estimate of drug-likeness (QED) is 0.845. The second-order valence-electron chi connectivity index (χ2n) is 4.34. The third-order valence-electron chi connectivity index (χ3n) is 2.77. The fourth-order valence-electron chi connectivity index (χ4n) is 1.84. The van der Waals surface area contributed by atoms with Crippen molar-refractivity contribution in [2.75, 3.05) is 12.4 Å². The Bertz CT molecular complexity index is 624. The highest BCUT2D eigenvalue weighted by atomic mass is 32.2. The van der Waals surface area contributed by atoms with E-state index in [2.05, 4.69) is 4.98 Å². The molecule has 1 aromatic heterocycles. The van der Waals surface area contributed by atoms with Gasteiger partial charge in [-0.2, -0.15) is 0 Å². The van der Waals surface area contributed by atoms with Crippen molar-refractivity contribution in [3.63, 3.8) is 0 Å². The molecule has 0 saturated heterocycles. The van der Waals surface area contributed by atoms with Crippen LogP contribution in [0.1, 0.15) is 18.4 Å². The van der Waals surface area contributed by atoms with Crippen molar-refractivity contribution in [3.8, 4) is 17.2 Å². The number of aliphatic carboxylic acids is 1. The number of aryl methyl sites for hydroxylation is 1. The Labute approximate surface area is 127 Å². The molecular weight excluding hydrogens is 290 g/mol.